The number of rotatable bonds is 8. The molecule has 0 amide bonds. The van der Waals surface area contributed by atoms with Gasteiger partial charge in [0.05, 0.1) is 6.16 Å². The van der Waals surface area contributed by atoms with Crippen molar-refractivity contribution >= 4 is 29.0 Å². The maximum absolute atomic E-state index is 12.1. The summed E-state index contributed by atoms with van der Waals surface area (Å²) in [6.45, 7) is 5.55. The van der Waals surface area contributed by atoms with Crippen LogP contribution in [-0.4, -0.2) is 5.78 Å². The number of benzene rings is 4. The van der Waals surface area contributed by atoms with Gasteiger partial charge in [0.25, 0.3) is 0 Å². The van der Waals surface area contributed by atoms with E-state index in [1.165, 1.54) is 21.5 Å². The smallest absolute Gasteiger partial charge is 0.162 e. The summed E-state index contributed by atoms with van der Waals surface area (Å²) in [6, 6.07) is 41.3. The Morgan fingerprint density at radius 1 is 0.625 bits per heavy atom. The molecule has 0 radical (unpaired) electrons. The third-order valence-electron chi connectivity index (χ3n) is 5.87. The minimum Gasteiger partial charge on any atom is -0.294 e. The average Bonchev–Trinajstić information content (AvgIpc) is 2.85. The first-order valence-corrected chi connectivity index (χ1v) is 12.9. The highest BCUT2D eigenvalue weighted by Gasteiger charge is 2.45. The van der Waals surface area contributed by atoms with E-state index in [0.717, 1.165) is 11.7 Å². The second kappa shape index (κ2) is 9.90. The van der Waals surface area contributed by atoms with Gasteiger partial charge in [-0.1, -0.05) is 85.4 Å². The molecule has 2 heteroatoms. The quantitative estimate of drug-likeness (QED) is 0.250. The van der Waals surface area contributed by atoms with Crippen LogP contribution in [0.5, 0.6) is 0 Å². The van der Waals surface area contributed by atoms with Crippen molar-refractivity contribution in [2.24, 2.45) is 0 Å². The van der Waals surface area contributed by atoms with Gasteiger partial charge in [0, 0.05) is 6.42 Å². The molecule has 0 spiro atoms. The third kappa shape index (κ3) is 4.64. The first-order valence-electron chi connectivity index (χ1n) is 10.9. The van der Waals surface area contributed by atoms with E-state index in [-0.39, 0.29) is 5.78 Å². The van der Waals surface area contributed by atoms with E-state index in [1.807, 2.05) is 0 Å². The van der Waals surface area contributed by atoms with Gasteiger partial charge in [-0.25, -0.2) is 0 Å². The first-order chi connectivity index (χ1) is 15.6. The van der Waals surface area contributed by atoms with E-state index >= 15 is 0 Å². The Morgan fingerprint density at radius 3 is 1.38 bits per heavy atom. The molecule has 158 valence electrons. The molecule has 0 saturated heterocycles. The van der Waals surface area contributed by atoms with E-state index < -0.39 is 7.26 Å². The fourth-order valence-corrected chi connectivity index (χ4v) is 8.39. The highest BCUT2D eigenvalue weighted by atomic mass is 31.2. The van der Waals surface area contributed by atoms with Gasteiger partial charge in [-0.2, -0.15) is 0 Å². The van der Waals surface area contributed by atoms with Gasteiger partial charge >= 0.3 is 0 Å². The minimum absolute atomic E-state index is 0.0949. The molecule has 0 atom stereocenters. The lowest BCUT2D eigenvalue weighted by Gasteiger charge is -2.28. The Kier molecular flexibility index (Phi) is 6.78. The lowest BCUT2D eigenvalue weighted by atomic mass is 10.0. The Morgan fingerprint density at radius 2 is 1.00 bits per heavy atom. The normalized spacial score (nSPS) is 11.2. The van der Waals surface area contributed by atoms with Crippen molar-refractivity contribution in [1.82, 2.24) is 0 Å². The molecule has 32 heavy (non-hydrogen) atoms. The van der Waals surface area contributed by atoms with Crippen molar-refractivity contribution in [2.45, 2.75) is 19.5 Å². The number of hydrogen-bond acceptors (Lipinski definition) is 1. The summed E-state index contributed by atoms with van der Waals surface area (Å²) in [4.78, 5) is 12.1. The Labute approximate surface area is 191 Å². The fourth-order valence-electron chi connectivity index (χ4n) is 4.14. The molecular weight excluding hydrogens is 407 g/mol. The van der Waals surface area contributed by atoms with Crippen LogP contribution in [0.4, 0.5) is 0 Å². The number of carbonyl (C=O) groups is 1. The van der Waals surface area contributed by atoms with E-state index in [2.05, 4.69) is 122 Å². The van der Waals surface area contributed by atoms with Crippen molar-refractivity contribution in [1.29, 1.82) is 0 Å². The van der Waals surface area contributed by atoms with Gasteiger partial charge in [0.1, 0.15) is 23.2 Å². The summed E-state index contributed by atoms with van der Waals surface area (Å²) >= 11 is 0. The number of allylic oxidation sites excluding steroid dienone is 1. The van der Waals surface area contributed by atoms with Crippen LogP contribution in [0, 0.1) is 0 Å². The van der Waals surface area contributed by atoms with Gasteiger partial charge in [-0.3, -0.25) is 4.79 Å². The van der Waals surface area contributed by atoms with Crippen molar-refractivity contribution in [3.8, 4) is 0 Å². The third-order valence-corrected chi connectivity index (χ3v) is 10.3. The van der Waals surface area contributed by atoms with Crippen molar-refractivity contribution in [3.05, 3.63) is 139 Å². The summed E-state index contributed by atoms with van der Waals surface area (Å²) in [5.74, 6) is 0.0949. The summed E-state index contributed by atoms with van der Waals surface area (Å²) < 4.78 is 0. The molecule has 0 saturated carbocycles. The summed E-state index contributed by atoms with van der Waals surface area (Å²) in [5, 5.41) is 4.12. The Hall–Kier alpha value is -3.28. The van der Waals surface area contributed by atoms with E-state index in [0.29, 0.717) is 12.0 Å². The van der Waals surface area contributed by atoms with Gasteiger partial charge in [0.15, 0.2) is 5.78 Å². The Balaban J connectivity index is 1.82. The van der Waals surface area contributed by atoms with Gasteiger partial charge < -0.3 is 0 Å². The van der Waals surface area contributed by atoms with E-state index in [4.69, 9.17) is 0 Å². The van der Waals surface area contributed by atoms with Crippen LogP contribution in [0.3, 0.4) is 0 Å². The number of Topliss-reactive ketones (excluding diaryl/α,β-unsaturated/α-hetero) is 1. The molecule has 0 fully saturated rings. The SMILES string of the molecule is C=C(C)C(=O)Cc1ccc(C[P+](c2ccccc2)(c2ccccc2)c2ccccc2)cc1. The number of hydrogen-bond donors (Lipinski definition) is 0. The zero-order chi connectivity index (χ0) is 22.4. The molecule has 0 unspecified atom stereocenters. The molecule has 0 aliphatic rings. The van der Waals surface area contributed by atoms with Crippen LogP contribution < -0.4 is 15.9 Å². The molecule has 0 bridgehead atoms. The molecular formula is C30H28OP+. The molecule has 0 heterocycles. The predicted octanol–water partition coefficient (Wildman–Crippen LogP) is 5.87. The largest absolute Gasteiger partial charge is 0.294 e. The zero-order valence-corrected chi connectivity index (χ0v) is 19.3. The molecule has 0 aliphatic carbocycles. The molecule has 0 N–H and O–H groups in total. The van der Waals surface area contributed by atoms with Crippen LogP contribution in [0.2, 0.25) is 0 Å². The second-order valence-electron chi connectivity index (χ2n) is 8.17. The van der Waals surface area contributed by atoms with Crippen LogP contribution in [-0.2, 0) is 17.4 Å². The number of ketones is 1. The highest BCUT2D eigenvalue weighted by Crippen LogP contribution is 2.58. The van der Waals surface area contributed by atoms with Crippen molar-refractivity contribution in [3.63, 3.8) is 0 Å². The van der Waals surface area contributed by atoms with E-state index in [1.54, 1.807) is 6.92 Å². The van der Waals surface area contributed by atoms with Gasteiger partial charge in [-0.15, -0.1) is 0 Å². The molecule has 0 aromatic heterocycles. The summed E-state index contributed by atoms with van der Waals surface area (Å²) in [6.07, 6.45) is 1.34. The van der Waals surface area contributed by atoms with Gasteiger partial charge in [0.2, 0.25) is 0 Å². The predicted molar refractivity (Wildman–Crippen MR) is 139 cm³/mol. The van der Waals surface area contributed by atoms with Crippen LogP contribution in [0.15, 0.2) is 127 Å². The maximum Gasteiger partial charge on any atom is 0.162 e. The maximum atomic E-state index is 12.1. The molecule has 4 aromatic rings. The van der Waals surface area contributed by atoms with Crippen LogP contribution in [0.25, 0.3) is 0 Å². The lowest BCUT2D eigenvalue weighted by Crippen LogP contribution is -2.32. The first kappa shape index (κ1) is 21.9. The minimum atomic E-state index is -1.91. The summed E-state index contributed by atoms with van der Waals surface area (Å²) in [5.41, 5.74) is 2.92. The molecule has 0 aliphatic heterocycles. The lowest BCUT2D eigenvalue weighted by molar-refractivity contribution is -0.114. The van der Waals surface area contributed by atoms with Crippen molar-refractivity contribution < 1.29 is 4.79 Å². The molecule has 4 aromatic carbocycles. The van der Waals surface area contributed by atoms with E-state index in [9.17, 15) is 4.79 Å². The second-order valence-corrected chi connectivity index (χ2v) is 11.7. The fraction of sp³-hybridized carbons (Fsp3) is 0.100. The standard InChI is InChI=1S/C30H28OP/c1-24(2)30(31)22-25-18-20-26(21-19-25)23-32(27-12-6-3-7-13-27,28-14-8-4-9-15-28)29-16-10-5-11-17-29/h3-21H,1,22-23H2,2H3/q+1. The van der Waals surface area contributed by atoms with Crippen LogP contribution in [0.1, 0.15) is 18.1 Å². The average molecular weight is 436 g/mol. The topological polar surface area (TPSA) is 17.1 Å². The monoisotopic (exact) mass is 435 g/mol. The highest BCUT2D eigenvalue weighted by molar-refractivity contribution is 7.95. The van der Waals surface area contributed by atoms with Crippen molar-refractivity contribution in [2.75, 3.05) is 0 Å². The van der Waals surface area contributed by atoms with Crippen LogP contribution >= 0.6 is 7.26 Å². The molecule has 4 rings (SSSR count). The zero-order valence-electron chi connectivity index (χ0n) is 18.4. The van der Waals surface area contributed by atoms with Gasteiger partial charge in [-0.05, 0) is 60.0 Å². The Bertz CT molecular complexity index is 1080. The molecule has 1 nitrogen and oxygen atoms in total. The summed E-state index contributed by atoms with van der Waals surface area (Å²) in [7, 11) is -1.91. The number of carbonyl (C=O) groups excluding carboxylic acids is 1.